The predicted molar refractivity (Wildman–Crippen MR) is 147 cm³/mol. The maximum absolute atomic E-state index is 13.2. The molecule has 0 radical (unpaired) electrons. The molecule has 3 rings (SSSR count). The lowest BCUT2D eigenvalue weighted by Crippen LogP contribution is -2.68. The van der Waals surface area contributed by atoms with Crippen molar-refractivity contribution >= 4 is 66.4 Å². The molecule has 38 heavy (non-hydrogen) atoms. The molecule has 13 nitrogen and oxygen atoms in total. The van der Waals surface area contributed by atoms with Gasteiger partial charge in [-0.1, -0.05) is 25.1 Å². The second-order valence-electron chi connectivity index (χ2n) is 8.72. The first-order valence-corrected chi connectivity index (χ1v) is 13.7. The van der Waals surface area contributed by atoms with E-state index in [1.807, 2.05) is 25.9 Å². The van der Waals surface area contributed by atoms with Crippen molar-refractivity contribution in [3.05, 3.63) is 11.3 Å². The predicted octanol–water partition coefficient (Wildman–Crippen LogP) is 1.90. The Bertz CT molecular complexity index is 999. The molecule has 0 aromatic carbocycles. The molecule has 216 valence electrons. The lowest BCUT2D eigenvalue weighted by Gasteiger charge is -2.48. The number of likely N-dealkylation sites (N-methyl/N-ethyl adjacent to an activating group) is 1. The number of nitrogens with zero attached hydrogens (tertiary/aromatic N) is 6. The van der Waals surface area contributed by atoms with Crippen LogP contribution in [0.3, 0.4) is 0 Å². The van der Waals surface area contributed by atoms with E-state index in [1.54, 1.807) is 11.6 Å². The number of amides is 1. The third-order valence-electron chi connectivity index (χ3n) is 5.44. The van der Waals surface area contributed by atoms with E-state index < -0.39 is 24.5 Å². The monoisotopic (exact) mass is 615 g/mol. The van der Waals surface area contributed by atoms with Gasteiger partial charge in [-0.05, 0) is 43.4 Å². The van der Waals surface area contributed by atoms with E-state index >= 15 is 0 Å². The summed E-state index contributed by atoms with van der Waals surface area (Å²) in [5, 5.41) is 12.1. The zero-order valence-electron chi connectivity index (χ0n) is 21.9. The molecule has 0 aliphatic carbocycles. The van der Waals surface area contributed by atoms with Gasteiger partial charge in [0.15, 0.2) is 0 Å². The van der Waals surface area contributed by atoms with Gasteiger partial charge < -0.3 is 24.8 Å². The Balaban J connectivity index is 0.00000361. The number of β-lactam (4-membered cyclic amide) rings is 1. The number of esters is 1. The Kier molecular flexibility index (Phi) is 14.2. The number of hydrogen-bond acceptors (Lipinski definition) is 13. The molecule has 2 aliphatic rings. The molecular weight excluding hydrogens is 581 g/mol. The molecule has 3 heterocycles. The third kappa shape index (κ3) is 8.61. The average Bonchev–Trinajstić information content (AvgIpc) is 3.27. The quantitative estimate of drug-likeness (QED) is 0.157. The number of tetrazole rings is 1. The minimum absolute atomic E-state index is 0. The van der Waals surface area contributed by atoms with Gasteiger partial charge in [-0.2, -0.15) is 0 Å². The first-order valence-electron chi connectivity index (χ1n) is 11.7. The molecule has 0 spiro atoms. The van der Waals surface area contributed by atoms with Crippen LogP contribution in [0.1, 0.15) is 33.6 Å². The van der Waals surface area contributed by atoms with Crippen molar-refractivity contribution in [2.24, 2.45) is 5.73 Å². The molecule has 17 heteroatoms. The van der Waals surface area contributed by atoms with Gasteiger partial charge in [0.2, 0.25) is 17.4 Å². The highest BCUT2D eigenvalue weighted by molar-refractivity contribution is 8.01. The largest absolute Gasteiger partial charge is 0.511 e. The molecule has 1 amide bonds. The Morgan fingerprint density at radius 3 is 2.61 bits per heavy atom. The summed E-state index contributed by atoms with van der Waals surface area (Å²) in [7, 11) is 3.92. The van der Waals surface area contributed by atoms with Crippen LogP contribution in [0.4, 0.5) is 4.79 Å². The summed E-state index contributed by atoms with van der Waals surface area (Å²) in [4.78, 5) is 41.1. The first kappa shape index (κ1) is 34.2. The number of ether oxygens (including phenoxy) is 3. The highest BCUT2D eigenvalue weighted by Gasteiger charge is 2.52. The van der Waals surface area contributed by atoms with E-state index in [1.165, 1.54) is 35.3 Å². The summed E-state index contributed by atoms with van der Waals surface area (Å²) in [6.45, 7) is 6.51. The van der Waals surface area contributed by atoms with E-state index in [0.717, 1.165) is 13.0 Å². The third-order valence-corrected chi connectivity index (χ3v) is 7.85. The second-order valence-corrected chi connectivity index (χ2v) is 10.8. The number of halogens is 2. The number of carbonyl (C=O) groups is 3. The smallest absolute Gasteiger partial charge is 0.431 e. The van der Waals surface area contributed by atoms with Crippen LogP contribution in [-0.4, -0.2) is 104 Å². The van der Waals surface area contributed by atoms with E-state index in [0.29, 0.717) is 35.2 Å². The molecule has 1 aromatic rings. The van der Waals surface area contributed by atoms with Crippen LogP contribution < -0.4 is 5.73 Å². The normalized spacial score (nSPS) is 20.0. The standard InChI is InChI=1S/C21H33N7O6S2.2ClH/c1-6-7-12(2)32-21(31)34-13(3)33-19(30)16-14(10-35-18-15(22)17(29)28(16)18)11-36-20-23-24-25-27(20)9-8-26(4)5;;/h12-13,15,18H,6-11,22H2,1-5H3;2*1H/t12?,13?,15-,18+;;/m1../s1. The second kappa shape index (κ2) is 15.7. The molecule has 2 unspecified atom stereocenters. The summed E-state index contributed by atoms with van der Waals surface area (Å²) < 4.78 is 17.3. The lowest BCUT2D eigenvalue weighted by atomic mass is 10.0. The van der Waals surface area contributed by atoms with Crippen molar-refractivity contribution in [3.63, 3.8) is 0 Å². The fourth-order valence-corrected chi connectivity index (χ4v) is 5.92. The lowest BCUT2D eigenvalue weighted by molar-refractivity contribution is -0.169. The van der Waals surface area contributed by atoms with Crippen LogP contribution in [0.5, 0.6) is 0 Å². The summed E-state index contributed by atoms with van der Waals surface area (Å²) >= 11 is 2.84. The Hall–Kier alpha value is -1.78. The SMILES string of the molecule is CCCC(C)OC(=O)OC(C)OC(=O)C1=C(CSc2nnnn2CCN(C)C)CS[C@H]2[C@H](N)C(=O)N12.Cl.Cl. The summed E-state index contributed by atoms with van der Waals surface area (Å²) in [6.07, 6.45) is -0.920. The fourth-order valence-electron chi connectivity index (χ4n) is 3.59. The van der Waals surface area contributed by atoms with Gasteiger partial charge in [0, 0.05) is 25.0 Å². The number of rotatable bonds is 12. The molecule has 2 N–H and O–H groups in total. The topological polar surface area (TPSA) is 155 Å². The van der Waals surface area contributed by atoms with Gasteiger partial charge in [-0.15, -0.1) is 41.7 Å². The number of fused-ring (bicyclic) bond motifs is 1. The van der Waals surface area contributed by atoms with Gasteiger partial charge in [-0.25, -0.2) is 14.3 Å². The van der Waals surface area contributed by atoms with E-state index in [2.05, 4.69) is 15.5 Å². The van der Waals surface area contributed by atoms with Crippen molar-refractivity contribution in [1.82, 2.24) is 30.0 Å². The molecule has 1 aromatic heterocycles. The van der Waals surface area contributed by atoms with Crippen molar-refractivity contribution < 1.29 is 28.6 Å². The van der Waals surface area contributed by atoms with Crippen LogP contribution in [-0.2, 0) is 30.3 Å². The summed E-state index contributed by atoms with van der Waals surface area (Å²) in [5.74, 6) is -0.300. The highest BCUT2D eigenvalue weighted by Crippen LogP contribution is 2.41. The van der Waals surface area contributed by atoms with Crippen molar-refractivity contribution in [3.8, 4) is 0 Å². The Labute approximate surface area is 242 Å². The van der Waals surface area contributed by atoms with Crippen molar-refractivity contribution in [2.45, 2.75) is 69.1 Å². The zero-order chi connectivity index (χ0) is 26.4. The Morgan fingerprint density at radius 2 is 1.95 bits per heavy atom. The highest BCUT2D eigenvalue weighted by atomic mass is 35.5. The van der Waals surface area contributed by atoms with E-state index in [-0.39, 0.29) is 47.9 Å². The number of carbonyl (C=O) groups excluding carboxylic acids is 3. The number of thioether (sulfide) groups is 2. The van der Waals surface area contributed by atoms with Gasteiger partial charge in [0.05, 0.1) is 6.54 Å². The van der Waals surface area contributed by atoms with Gasteiger partial charge in [0.25, 0.3) is 0 Å². The molecule has 0 saturated carbocycles. The average molecular weight is 617 g/mol. The maximum Gasteiger partial charge on any atom is 0.511 e. The van der Waals surface area contributed by atoms with Crippen molar-refractivity contribution in [2.75, 3.05) is 32.1 Å². The minimum atomic E-state index is -1.21. The summed E-state index contributed by atoms with van der Waals surface area (Å²) in [6, 6.07) is -0.686. The Morgan fingerprint density at radius 1 is 1.24 bits per heavy atom. The van der Waals surface area contributed by atoms with Gasteiger partial charge in [-0.3, -0.25) is 9.69 Å². The number of hydrogen-bond donors (Lipinski definition) is 1. The maximum atomic E-state index is 13.2. The van der Waals surface area contributed by atoms with Crippen LogP contribution in [0.25, 0.3) is 0 Å². The fraction of sp³-hybridized carbons (Fsp3) is 0.714. The van der Waals surface area contributed by atoms with Crippen LogP contribution >= 0.6 is 48.3 Å². The first-order chi connectivity index (χ1) is 17.1. The molecule has 1 fully saturated rings. The molecule has 0 bridgehead atoms. The van der Waals surface area contributed by atoms with Crippen molar-refractivity contribution in [1.29, 1.82) is 0 Å². The van der Waals surface area contributed by atoms with Gasteiger partial charge in [0.1, 0.15) is 23.2 Å². The van der Waals surface area contributed by atoms with Crippen LogP contribution in [0.2, 0.25) is 0 Å². The molecular formula is C21H35Cl2N7O6S2. The molecule has 1 saturated heterocycles. The molecule has 2 aliphatic heterocycles. The number of aromatic nitrogens is 4. The van der Waals surface area contributed by atoms with Crippen LogP contribution in [0, 0.1) is 0 Å². The van der Waals surface area contributed by atoms with Crippen LogP contribution in [0.15, 0.2) is 16.4 Å². The van der Waals surface area contributed by atoms with E-state index in [4.69, 9.17) is 19.9 Å². The van der Waals surface area contributed by atoms with Gasteiger partial charge >= 0.3 is 12.1 Å². The number of nitrogens with two attached hydrogens (primary N) is 1. The minimum Gasteiger partial charge on any atom is -0.431 e. The molecule has 4 atom stereocenters. The zero-order valence-corrected chi connectivity index (χ0v) is 25.2. The van der Waals surface area contributed by atoms with E-state index in [9.17, 15) is 14.4 Å². The summed E-state index contributed by atoms with van der Waals surface area (Å²) in [5.41, 5.74) is 6.74.